The average molecular weight is 266 g/mol. The van der Waals surface area contributed by atoms with Crippen molar-refractivity contribution in [2.75, 3.05) is 6.61 Å². The second kappa shape index (κ2) is 6.40. The molecule has 0 aliphatic heterocycles. The van der Waals surface area contributed by atoms with Gasteiger partial charge in [0.25, 0.3) is 0 Å². The van der Waals surface area contributed by atoms with E-state index in [0.29, 0.717) is 12.2 Å². The van der Waals surface area contributed by atoms with Gasteiger partial charge in [0.15, 0.2) is 0 Å². The Morgan fingerprint density at radius 2 is 1.84 bits per heavy atom. The summed E-state index contributed by atoms with van der Waals surface area (Å²) in [5.41, 5.74) is 2.59. The Kier molecular flexibility index (Phi) is 5.39. The van der Waals surface area contributed by atoms with E-state index in [1.807, 2.05) is 0 Å². The maximum Gasteiger partial charge on any atom is 0.119 e. The Bertz CT molecular complexity index is 419. The van der Waals surface area contributed by atoms with Gasteiger partial charge >= 0.3 is 0 Å². The molecule has 19 heavy (non-hydrogen) atoms. The van der Waals surface area contributed by atoms with E-state index < -0.39 is 6.10 Å². The Balaban J connectivity index is 3.42. The molecular weight excluding hydrogens is 240 g/mol. The quantitative estimate of drug-likeness (QED) is 0.767. The number of phenolic OH excluding ortho intramolecular Hbond substituents is 1. The number of hydrogen-bond acceptors (Lipinski definition) is 3. The SMILES string of the molecule is CCCc1c(O)ccc(C(O)CCO)c1C(C)(C)C. The fraction of sp³-hybridized carbons (Fsp3) is 0.625. The number of aliphatic hydroxyl groups is 2. The standard InChI is InChI=1S/C16H26O3/c1-5-6-11-13(18)8-7-12(14(19)9-10-17)15(11)16(2,3)4/h7-8,14,17-19H,5-6,9-10H2,1-4H3. The van der Waals surface area contributed by atoms with Crippen LogP contribution in [-0.2, 0) is 11.8 Å². The lowest BCUT2D eigenvalue weighted by Gasteiger charge is -2.29. The number of aliphatic hydroxyl groups excluding tert-OH is 2. The smallest absolute Gasteiger partial charge is 0.119 e. The monoisotopic (exact) mass is 266 g/mol. The molecule has 0 aliphatic carbocycles. The Hall–Kier alpha value is -1.06. The summed E-state index contributed by atoms with van der Waals surface area (Å²) in [6, 6.07) is 3.42. The van der Waals surface area contributed by atoms with Gasteiger partial charge in [-0.15, -0.1) is 0 Å². The molecule has 0 spiro atoms. The van der Waals surface area contributed by atoms with E-state index in [1.165, 1.54) is 0 Å². The molecule has 0 amide bonds. The predicted octanol–water partition coefficient (Wildman–Crippen LogP) is 3.06. The van der Waals surface area contributed by atoms with Crippen molar-refractivity contribution in [1.29, 1.82) is 0 Å². The van der Waals surface area contributed by atoms with Crippen molar-refractivity contribution in [2.45, 2.75) is 58.5 Å². The molecule has 108 valence electrons. The van der Waals surface area contributed by atoms with E-state index in [0.717, 1.165) is 29.5 Å². The lowest BCUT2D eigenvalue weighted by molar-refractivity contribution is 0.132. The first-order valence-corrected chi connectivity index (χ1v) is 6.97. The maximum absolute atomic E-state index is 10.2. The zero-order valence-corrected chi connectivity index (χ0v) is 12.4. The summed E-state index contributed by atoms with van der Waals surface area (Å²) in [7, 11) is 0. The third kappa shape index (κ3) is 3.71. The normalized spacial score (nSPS) is 13.6. The molecule has 3 nitrogen and oxygen atoms in total. The van der Waals surface area contributed by atoms with Crippen LogP contribution in [0.3, 0.4) is 0 Å². The van der Waals surface area contributed by atoms with Crippen LogP contribution in [0.4, 0.5) is 0 Å². The average Bonchev–Trinajstić information content (AvgIpc) is 2.30. The van der Waals surface area contributed by atoms with E-state index in [1.54, 1.807) is 12.1 Å². The van der Waals surface area contributed by atoms with Crippen LogP contribution in [-0.4, -0.2) is 21.9 Å². The van der Waals surface area contributed by atoms with Gasteiger partial charge in [0.05, 0.1) is 6.10 Å². The highest BCUT2D eigenvalue weighted by molar-refractivity contribution is 5.48. The van der Waals surface area contributed by atoms with Crippen LogP contribution >= 0.6 is 0 Å². The van der Waals surface area contributed by atoms with Crippen molar-refractivity contribution in [1.82, 2.24) is 0 Å². The van der Waals surface area contributed by atoms with Crippen molar-refractivity contribution in [3.63, 3.8) is 0 Å². The number of benzene rings is 1. The molecule has 0 aromatic heterocycles. The molecule has 0 heterocycles. The fourth-order valence-corrected chi connectivity index (χ4v) is 2.60. The number of rotatable bonds is 5. The molecular formula is C16H26O3. The minimum absolute atomic E-state index is 0.0469. The van der Waals surface area contributed by atoms with Gasteiger partial charge < -0.3 is 15.3 Å². The molecule has 0 fully saturated rings. The van der Waals surface area contributed by atoms with Crippen molar-refractivity contribution in [2.24, 2.45) is 0 Å². The summed E-state index contributed by atoms with van der Waals surface area (Å²) in [6.45, 7) is 8.26. The Labute approximate surface area is 115 Å². The lowest BCUT2D eigenvalue weighted by atomic mass is 9.77. The zero-order chi connectivity index (χ0) is 14.6. The molecule has 0 saturated carbocycles. The molecule has 3 N–H and O–H groups in total. The van der Waals surface area contributed by atoms with Gasteiger partial charge in [-0.2, -0.15) is 0 Å². The zero-order valence-electron chi connectivity index (χ0n) is 12.4. The van der Waals surface area contributed by atoms with Gasteiger partial charge in [-0.1, -0.05) is 40.2 Å². The van der Waals surface area contributed by atoms with E-state index in [2.05, 4.69) is 27.7 Å². The largest absolute Gasteiger partial charge is 0.508 e. The maximum atomic E-state index is 10.2. The van der Waals surface area contributed by atoms with Gasteiger partial charge in [-0.05, 0) is 34.6 Å². The molecule has 1 aromatic carbocycles. The van der Waals surface area contributed by atoms with Crippen LogP contribution in [0.25, 0.3) is 0 Å². The first-order valence-electron chi connectivity index (χ1n) is 6.97. The third-order valence-corrected chi connectivity index (χ3v) is 3.33. The van der Waals surface area contributed by atoms with E-state index >= 15 is 0 Å². The van der Waals surface area contributed by atoms with Crippen LogP contribution < -0.4 is 0 Å². The lowest BCUT2D eigenvalue weighted by Crippen LogP contribution is -2.19. The number of aromatic hydroxyl groups is 1. The van der Waals surface area contributed by atoms with E-state index in [4.69, 9.17) is 5.11 Å². The Morgan fingerprint density at radius 3 is 2.32 bits per heavy atom. The molecule has 1 aromatic rings. The first kappa shape index (κ1) is 16.0. The molecule has 0 aliphatic rings. The second-order valence-corrected chi connectivity index (χ2v) is 6.06. The number of hydrogen-bond donors (Lipinski definition) is 3. The molecule has 0 bridgehead atoms. The topological polar surface area (TPSA) is 60.7 Å². The summed E-state index contributed by atoms with van der Waals surface area (Å²) in [5.74, 6) is 0.298. The third-order valence-electron chi connectivity index (χ3n) is 3.33. The molecule has 3 heteroatoms. The number of phenols is 1. The highest BCUT2D eigenvalue weighted by Gasteiger charge is 2.26. The van der Waals surface area contributed by atoms with Gasteiger partial charge in [0.1, 0.15) is 5.75 Å². The van der Waals surface area contributed by atoms with Crippen molar-refractivity contribution in [3.05, 3.63) is 28.8 Å². The van der Waals surface area contributed by atoms with Crippen molar-refractivity contribution < 1.29 is 15.3 Å². The fourth-order valence-electron chi connectivity index (χ4n) is 2.60. The minimum atomic E-state index is -0.685. The summed E-state index contributed by atoms with van der Waals surface area (Å²) in [5, 5.41) is 29.3. The van der Waals surface area contributed by atoms with Gasteiger partial charge in [0.2, 0.25) is 0 Å². The Morgan fingerprint density at radius 1 is 1.21 bits per heavy atom. The highest BCUT2D eigenvalue weighted by atomic mass is 16.3. The summed E-state index contributed by atoms with van der Waals surface area (Å²) >= 11 is 0. The van der Waals surface area contributed by atoms with Crippen LogP contribution in [0.1, 0.15) is 63.3 Å². The summed E-state index contributed by atoms with van der Waals surface area (Å²) in [6.07, 6.45) is 1.36. The van der Waals surface area contributed by atoms with Crippen LogP contribution in [0.2, 0.25) is 0 Å². The van der Waals surface area contributed by atoms with Crippen molar-refractivity contribution >= 4 is 0 Å². The predicted molar refractivity (Wildman–Crippen MR) is 77.5 cm³/mol. The molecule has 1 atom stereocenters. The van der Waals surface area contributed by atoms with Gasteiger partial charge in [-0.25, -0.2) is 0 Å². The van der Waals surface area contributed by atoms with E-state index in [9.17, 15) is 10.2 Å². The van der Waals surface area contributed by atoms with E-state index in [-0.39, 0.29) is 12.0 Å². The van der Waals surface area contributed by atoms with Gasteiger partial charge in [-0.3, -0.25) is 0 Å². The van der Waals surface area contributed by atoms with Crippen LogP contribution in [0, 0.1) is 0 Å². The molecule has 1 rings (SSSR count). The van der Waals surface area contributed by atoms with Gasteiger partial charge in [0, 0.05) is 13.0 Å². The van der Waals surface area contributed by atoms with Crippen LogP contribution in [0.5, 0.6) is 5.75 Å². The summed E-state index contributed by atoms with van der Waals surface area (Å²) < 4.78 is 0. The highest BCUT2D eigenvalue weighted by Crippen LogP contribution is 2.38. The molecule has 0 radical (unpaired) electrons. The minimum Gasteiger partial charge on any atom is -0.508 e. The van der Waals surface area contributed by atoms with Crippen LogP contribution in [0.15, 0.2) is 12.1 Å². The van der Waals surface area contributed by atoms with Crippen molar-refractivity contribution in [3.8, 4) is 5.75 Å². The first-order chi connectivity index (χ1) is 8.82. The second-order valence-electron chi connectivity index (χ2n) is 6.06. The summed E-state index contributed by atoms with van der Waals surface area (Å²) in [4.78, 5) is 0. The molecule has 1 unspecified atom stereocenters. The molecule has 0 saturated heterocycles.